The summed E-state index contributed by atoms with van der Waals surface area (Å²) >= 11 is 0. The number of rotatable bonds is 4. The van der Waals surface area contributed by atoms with E-state index in [9.17, 15) is 15.0 Å². The van der Waals surface area contributed by atoms with E-state index in [1.807, 2.05) is 6.07 Å². The lowest BCUT2D eigenvalue weighted by atomic mass is 9.74. The zero-order valence-electron chi connectivity index (χ0n) is 12.0. The summed E-state index contributed by atoms with van der Waals surface area (Å²) < 4.78 is 0. The molecule has 1 fully saturated rings. The normalized spacial score (nSPS) is 19.9. The van der Waals surface area contributed by atoms with Crippen LogP contribution in [0.4, 0.5) is 5.69 Å². The predicted molar refractivity (Wildman–Crippen MR) is 76.5 cm³/mol. The second kappa shape index (κ2) is 5.79. The maximum Gasteiger partial charge on any atom is 0.309 e. The molecular formula is C15H22N2O3. The molecule has 0 aromatic carbocycles. The maximum absolute atomic E-state index is 11.4. The highest BCUT2D eigenvalue weighted by atomic mass is 16.4. The fraction of sp³-hybridized carbons (Fsp3) is 0.600. The Labute approximate surface area is 119 Å². The number of carboxylic acids is 1. The highest BCUT2D eigenvalue weighted by Gasteiger charge is 2.39. The van der Waals surface area contributed by atoms with Gasteiger partial charge in [0.1, 0.15) is 0 Å². The molecule has 2 rings (SSSR count). The largest absolute Gasteiger partial charge is 0.481 e. The van der Waals surface area contributed by atoms with Crippen molar-refractivity contribution in [1.29, 1.82) is 0 Å². The zero-order chi connectivity index (χ0) is 14.8. The topological polar surface area (TPSA) is 73.7 Å². The van der Waals surface area contributed by atoms with E-state index >= 15 is 0 Å². The van der Waals surface area contributed by atoms with E-state index in [0.717, 1.165) is 30.6 Å². The molecule has 0 bridgehead atoms. The number of anilines is 1. The molecule has 110 valence electrons. The monoisotopic (exact) mass is 278 g/mol. The molecule has 1 atom stereocenters. The number of piperidine rings is 1. The van der Waals surface area contributed by atoms with Crippen molar-refractivity contribution in [3.05, 3.63) is 24.0 Å². The first kappa shape index (κ1) is 14.8. The van der Waals surface area contributed by atoms with Crippen molar-refractivity contribution in [2.24, 2.45) is 11.3 Å². The number of hydrogen-bond donors (Lipinski definition) is 2. The Hall–Kier alpha value is -1.62. The number of aliphatic hydroxyl groups is 1. The minimum Gasteiger partial charge on any atom is -0.481 e. The summed E-state index contributed by atoms with van der Waals surface area (Å²) in [5.74, 6) is -0.644. The molecule has 0 aliphatic carbocycles. The highest BCUT2D eigenvalue weighted by Crippen LogP contribution is 2.36. The summed E-state index contributed by atoms with van der Waals surface area (Å²) in [7, 11) is 0. The third kappa shape index (κ3) is 2.77. The van der Waals surface area contributed by atoms with Gasteiger partial charge >= 0.3 is 5.97 Å². The molecule has 0 saturated carbocycles. The molecule has 0 amide bonds. The van der Waals surface area contributed by atoms with Crippen LogP contribution in [0.3, 0.4) is 0 Å². The van der Waals surface area contributed by atoms with Gasteiger partial charge in [0.2, 0.25) is 0 Å². The Morgan fingerprint density at radius 3 is 2.95 bits per heavy atom. The van der Waals surface area contributed by atoms with E-state index in [1.165, 1.54) is 0 Å². The van der Waals surface area contributed by atoms with Crippen molar-refractivity contribution in [1.82, 2.24) is 4.98 Å². The number of carbonyl (C=O) groups is 1. The van der Waals surface area contributed by atoms with E-state index in [0.29, 0.717) is 6.54 Å². The molecule has 2 N–H and O–H groups in total. The van der Waals surface area contributed by atoms with E-state index in [4.69, 9.17) is 0 Å². The third-order valence-corrected chi connectivity index (χ3v) is 4.38. The number of hydrogen-bond acceptors (Lipinski definition) is 4. The minimum absolute atomic E-state index is 0.0489. The maximum atomic E-state index is 11.4. The molecule has 20 heavy (non-hydrogen) atoms. The van der Waals surface area contributed by atoms with Gasteiger partial charge in [-0.05, 0) is 38.7 Å². The van der Waals surface area contributed by atoms with Crippen LogP contribution in [0.5, 0.6) is 0 Å². The number of aliphatic carboxylic acids is 1. The number of carboxylic acid groups (broad SMARTS) is 1. The van der Waals surface area contributed by atoms with Gasteiger partial charge in [-0.1, -0.05) is 0 Å². The summed E-state index contributed by atoms with van der Waals surface area (Å²) in [5, 5.41) is 18.8. The number of aromatic nitrogens is 1. The van der Waals surface area contributed by atoms with Crippen LogP contribution in [0.25, 0.3) is 0 Å². The zero-order valence-corrected chi connectivity index (χ0v) is 12.0. The van der Waals surface area contributed by atoms with E-state index in [-0.39, 0.29) is 12.5 Å². The molecule has 1 aromatic heterocycles. The second-order valence-corrected chi connectivity index (χ2v) is 5.97. The smallest absolute Gasteiger partial charge is 0.309 e. The molecule has 1 saturated heterocycles. The average molecular weight is 278 g/mol. The fourth-order valence-corrected chi connectivity index (χ4v) is 2.81. The van der Waals surface area contributed by atoms with Crippen molar-refractivity contribution < 1.29 is 15.0 Å². The summed E-state index contributed by atoms with van der Waals surface area (Å²) in [6.45, 7) is 5.14. The molecule has 1 aliphatic rings. The van der Waals surface area contributed by atoms with E-state index in [2.05, 4.69) is 9.88 Å². The molecule has 2 heterocycles. The summed E-state index contributed by atoms with van der Waals surface area (Å²) in [5.41, 5.74) is 1.03. The lowest BCUT2D eigenvalue weighted by molar-refractivity contribution is -0.150. The van der Waals surface area contributed by atoms with Crippen molar-refractivity contribution in [2.45, 2.75) is 33.3 Å². The van der Waals surface area contributed by atoms with E-state index < -0.39 is 11.4 Å². The average Bonchev–Trinajstić information content (AvgIpc) is 2.47. The minimum atomic E-state index is -0.749. The van der Waals surface area contributed by atoms with Gasteiger partial charge in [-0.2, -0.15) is 0 Å². The quantitative estimate of drug-likeness (QED) is 0.880. The summed E-state index contributed by atoms with van der Waals surface area (Å²) in [6, 6.07) is 1.89. The molecule has 5 heteroatoms. The summed E-state index contributed by atoms with van der Waals surface area (Å²) in [6.07, 6.45) is 5.27. The van der Waals surface area contributed by atoms with Crippen LogP contribution in [0, 0.1) is 11.3 Å². The van der Waals surface area contributed by atoms with Gasteiger partial charge < -0.3 is 15.1 Å². The van der Waals surface area contributed by atoms with E-state index in [1.54, 1.807) is 26.2 Å². The Bertz CT molecular complexity index is 488. The van der Waals surface area contributed by atoms with Crippen molar-refractivity contribution >= 4 is 11.7 Å². The first-order valence-electron chi connectivity index (χ1n) is 6.99. The Kier molecular flexibility index (Phi) is 4.28. The molecule has 0 radical (unpaired) electrons. The number of aliphatic hydroxyl groups excluding tert-OH is 1. The molecule has 1 aromatic rings. The lowest BCUT2D eigenvalue weighted by Crippen LogP contribution is -2.45. The van der Waals surface area contributed by atoms with Crippen LogP contribution in [-0.2, 0) is 11.4 Å². The standard InChI is InChI=1S/C15H22N2O3/c1-15(2,14(19)20)12-4-3-7-17(9-12)13-5-6-16-8-11(13)10-18/h5-6,8,12,18H,3-4,7,9-10H2,1-2H3,(H,19,20). The number of pyridine rings is 1. The Morgan fingerprint density at radius 1 is 1.55 bits per heavy atom. The van der Waals surface area contributed by atoms with Crippen LogP contribution >= 0.6 is 0 Å². The Morgan fingerprint density at radius 2 is 2.30 bits per heavy atom. The van der Waals surface area contributed by atoms with Gasteiger partial charge in [-0.3, -0.25) is 9.78 Å². The fourth-order valence-electron chi connectivity index (χ4n) is 2.81. The van der Waals surface area contributed by atoms with Gasteiger partial charge in [0.15, 0.2) is 0 Å². The van der Waals surface area contributed by atoms with Gasteiger partial charge in [0.25, 0.3) is 0 Å². The van der Waals surface area contributed by atoms with Crippen molar-refractivity contribution in [3.8, 4) is 0 Å². The Balaban J connectivity index is 2.21. The SMILES string of the molecule is CC(C)(C(=O)O)C1CCCN(c2ccncc2CO)C1. The van der Waals surface area contributed by atoms with Crippen LogP contribution in [0.15, 0.2) is 18.5 Å². The molecule has 1 aliphatic heterocycles. The number of nitrogens with zero attached hydrogens (tertiary/aromatic N) is 2. The van der Waals surface area contributed by atoms with Crippen molar-refractivity contribution in [3.63, 3.8) is 0 Å². The third-order valence-electron chi connectivity index (χ3n) is 4.38. The van der Waals surface area contributed by atoms with Crippen LogP contribution in [0.1, 0.15) is 32.3 Å². The first-order valence-corrected chi connectivity index (χ1v) is 6.99. The van der Waals surface area contributed by atoms with Crippen LogP contribution in [-0.4, -0.2) is 34.3 Å². The first-order chi connectivity index (χ1) is 9.46. The van der Waals surface area contributed by atoms with Gasteiger partial charge in [-0.15, -0.1) is 0 Å². The molecular weight excluding hydrogens is 256 g/mol. The molecule has 5 nitrogen and oxygen atoms in total. The molecule has 0 spiro atoms. The van der Waals surface area contributed by atoms with Crippen LogP contribution in [0.2, 0.25) is 0 Å². The lowest BCUT2D eigenvalue weighted by Gasteiger charge is -2.40. The van der Waals surface area contributed by atoms with Gasteiger partial charge in [-0.25, -0.2) is 0 Å². The van der Waals surface area contributed by atoms with Crippen LogP contribution < -0.4 is 4.90 Å². The van der Waals surface area contributed by atoms with Crippen molar-refractivity contribution in [2.75, 3.05) is 18.0 Å². The summed E-state index contributed by atoms with van der Waals surface area (Å²) in [4.78, 5) is 17.6. The predicted octanol–water partition coefficient (Wildman–Crippen LogP) is 1.90. The van der Waals surface area contributed by atoms with Gasteiger partial charge in [0.05, 0.1) is 12.0 Å². The molecule has 1 unspecified atom stereocenters. The second-order valence-electron chi connectivity index (χ2n) is 5.97. The van der Waals surface area contributed by atoms with Gasteiger partial charge in [0, 0.05) is 36.7 Å². The highest BCUT2D eigenvalue weighted by molar-refractivity contribution is 5.74.